The molecule has 5 nitrogen and oxygen atoms in total. The van der Waals surface area contributed by atoms with Crippen LogP contribution in [0.15, 0.2) is 59.4 Å². The van der Waals surface area contributed by atoms with Crippen LogP contribution >= 0.6 is 11.3 Å². The van der Waals surface area contributed by atoms with E-state index in [9.17, 15) is 14.0 Å². The number of hydrogen-bond donors (Lipinski definition) is 0. The van der Waals surface area contributed by atoms with E-state index in [1.807, 2.05) is 35.2 Å². The number of halogens is 1. The summed E-state index contributed by atoms with van der Waals surface area (Å²) in [6.07, 6.45) is 0. The summed E-state index contributed by atoms with van der Waals surface area (Å²) in [5, 5.41) is 1.55. The first-order valence-corrected chi connectivity index (χ1v) is 10.7. The number of rotatable bonds is 2. The average molecular weight is 421 g/mol. The largest absolute Gasteiger partial charge is 0.366 e. The molecule has 0 atom stereocenters. The third kappa shape index (κ3) is 2.97. The molecular weight excluding hydrogens is 401 g/mol. The van der Waals surface area contributed by atoms with Gasteiger partial charge in [-0.05, 0) is 24.3 Å². The Hall–Kier alpha value is -3.19. The number of para-hydroxylation sites is 2. The molecule has 30 heavy (non-hydrogen) atoms. The van der Waals surface area contributed by atoms with E-state index in [1.165, 1.54) is 17.4 Å². The highest BCUT2D eigenvalue weighted by atomic mass is 32.1. The molecule has 3 heterocycles. The fourth-order valence-corrected chi connectivity index (χ4v) is 5.27. The number of nitrogens with zero attached hydrogens (tertiary/aromatic N) is 3. The van der Waals surface area contributed by atoms with Gasteiger partial charge in [0.15, 0.2) is 0 Å². The van der Waals surface area contributed by atoms with Gasteiger partial charge < -0.3 is 14.4 Å². The maximum absolute atomic E-state index is 14.1. The Morgan fingerprint density at radius 3 is 2.43 bits per heavy atom. The second-order valence-corrected chi connectivity index (χ2v) is 8.52. The number of hydrogen-bond acceptors (Lipinski definition) is 4. The van der Waals surface area contributed by atoms with E-state index in [4.69, 9.17) is 0 Å². The minimum absolute atomic E-state index is 0.0736. The van der Waals surface area contributed by atoms with Gasteiger partial charge in [-0.25, -0.2) is 4.39 Å². The monoisotopic (exact) mass is 421 g/mol. The molecule has 0 radical (unpaired) electrons. The second-order valence-electron chi connectivity index (χ2n) is 7.47. The molecule has 152 valence electrons. The van der Waals surface area contributed by atoms with E-state index in [0.29, 0.717) is 42.1 Å². The van der Waals surface area contributed by atoms with Crippen molar-refractivity contribution < 1.29 is 9.18 Å². The van der Waals surface area contributed by atoms with Crippen molar-refractivity contribution in [2.75, 3.05) is 31.1 Å². The van der Waals surface area contributed by atoms with Crippen molar-refractivity contribution in [2.45, 2.75) is 0 Å². The summed E-state index contributed by atoms with van der Waals surface area (Å²) in [7, 11) is 1.76. The van der Waals surface area contributed by atoms with Crippen LogP contribution in [0.25, 0.3) is 21.0 Å². The van der Waals surface area contributed by atoms with Gasteiger partial charge in [-0.2, -0.15) is 0 Å². The summed E-state index contributed by atoms with van der Waals surface area (Å²) in [5.41, 5.74) is 1.33. The third-order valence-corrected chi connectivity index (χ3v) is 6.90. The number of benzene rings is 2. The lowest BCUT2D eigenvalue weighted by molar-refractivity contribution is 0.0751. The predicted molar refractivity (Wildman–Crippen MR) is 119 cm³/mol. The molecule has 4 aromatic rings. The topological polar surface area (TPSA) is 45.6 Å². The number of thiophene rings is 1. The zero-order valence-corrected chi connectivity index (χ0v) is 17.3. The lowest BCUT2D eigenvalue weighted by Crippen LogP contribution is -2.48. The zero-order valence-electron chi connectivity index (χ0n) is 16.5. The summed E-state index contributed by atoms with van der Waals surface area (Å²) in [4.78, 5) is 30.3. The molecule has 0 N–H and O–H groups in total. The summed E-state index contributed by atoms with van der Waals surface area (Å²) in [6.45, 7) is 2.17. The molecule has 1 saturated heterocycles. The summed E-state index contributed by atoms with van der Waals surface area (Å²) in [6, 6.07) is 16.2. The van der Waals surface area contributed by atoms with Gasteiger partial charge in [0, 0.05) is 43.3 Å². The van der Waals surface area contributed by atoms with Gasteiger partial charge in [0.2, 0.25) is 0 Å². The summed E-state index contributed by atoms with van der Waals surface area (Å²) >= 11 is 1.37. The average Bonchev–Trinajstić information content (AvgIpc) is 3.23. The highest BCUT2D eigenvalue weighted by Crippen LogP contribution is 2.31. The van der Waals surface area contributed by atoms with Gasteiger partial charge in [-0.3, -0.25) is 9.59 Å². The van der Waals surface area contributed by atoms with Crippen LogP contribution in [-0.4, -0.2) is 41.6 Å². The Labute approximate surface area is 176 Å². The minimum Gasteiger partial charge on any atom is -0.366 e. The molecule has 1 fully saturated rings. The number of aromatic nitrogens is 1. The SMILES string of the molecule is Cn1c(=O)c2cc(C(=O)N3CCN(c4ccccc4F)CC3)sc2c2ccccc21. The molecule has 0 saturated carbocycles. The summed E-state index contributed by atoms with van der Waals surface area (Å²) in [5.74, 6) is -0.319. The highest BCUT2D eigenvalue weighted by molar-refractivity contribution is 7.21. The molecule has 1 aliphatic rings. The van der Waals surface area contributed by atoms with E-state index in [-0.39, 0.29) is 17.3 Å². The molecule has 2 aromatic carbocycles. The zero-order chi connectivity index (χ0) is 20.8. The smallest absolute Gasteiger partial charge is 0.264 e. The number of piperazine rings is 1. The van der Waals surface area contributed by atoms with Gasteiger partial charge in [-0.1, -0.05) is 30.3 Å². The first kappa shape index (κ1) is 18.8. The van der Waals surface area contributed by atoms with Crippen LogP contribution in [0.4, 0.5) is 10.1 Å². The minimum atomic E-state index is -0.246. The van der Waals surface area contributed by atoms with E-state index in [0.717, 1.165) is 15.6 Å². The van der Waals surface area contributed by atoms with Crippen molar-refractivity contribution in [3.63, 3.8) is 0 Å². The van der Waals surface area contributed by atoms with Crippen LogP contribution < -0.4 is 10.5 Å². The molecular formula is C23H20FN3O2S. The number of amides is 1. The van der Waals surface area contributed by atoms with Crippen molar-refractivity contribution >= 4 is 43.9 Å². The maximum Gasteiger partial charge on any atom is 0.264 e. The van der Waals surface area contributed by atoms with E-state index < -0.39 is 0 Å². The number of pyridine rings is 1. The quantitative estimate of drug-likeness (QED) is 0.494. The van der Waals surface area contributed by atoms with Crippen LogP contribution in [0.2, 0.25) is 0 Å². The van der Waals surface area contributed by atoms with Crippen molar-refractivity contribution in [1.82, 2.24) is 9.47 Å². The fraction of sp³-hybridized carbons (Fsp3) is 0.217. The van der Waals surface area contributed by atoms with Gasteiger partial charge in [-0.15, -0.1) is 11.3 Å². The highest BCUT2D eigenvalue weighted by Gasteiger charge is 2.25. The molecule has 5 rings (SSSR count). The number of carbonyl (C=O) groups is 1. The number of anilines is 1. The normalized spacial score (nSPS) is 14.6. The van der Waals surface area contributed by atoms with Gasteiger partial charge >= 0.3 is 0 Å². The van der Waals surface area contributed by atoms with E-state index >= 15 is 0 Å². The Morgan fingerprint density at radius 2 is 1.67 bits per heavy atom. The van der Waals surface area contributed by atoms with Crippen molar-refractivity contribution in [3.8, 4) is 0 Å². The van der Waals surface area contributed by atoms with Crippen LogP contribution in [0.1, 0.15) is 9.67 Å². The molecule has 0 aliphatic carbocycles. The maximum atomic E-state index is 14.1. The van der Waals surface area contributed by atoms with Gasteiger partial charge in [0.25, 0.3) is 11.5 Å². The van der Waals surface area contributed by atoms with Crippen LogP contribution in [0, 0.1) is 5.82 Å². The molecule has 1 amide bonds. The first-order chi connectivity index (χ1) is 14.5. The Morgan fingerprint density at radius 1 is 0.967 bits per heavy atom. The van der Waals surface area contributed by atoms with Crippen molar-refractivity contribution in [3.05, 3.63) is 75.6 Å². The lowest BCUT2D eigenvalue weighted by Gasteiger charge is -2.36. The third-order valence-electron chi connectivity index (χ3n) is 5.75. The van der Waals surface area contributed by atoms with Crippen molar-refractivity contribution in [1.29, 1.82) is 0 Å². The standard InChI is InChI=1S/C23H20FN3O2S/c1-25-18-8-4-2-6-15(18)21-16(22(25)28)14-20(30-21)23(29)27-12-10-26(11-13-27)19-9-5-3-7-17(19)24/h2-9,14H,10-13H2,1H3. The van der Waals surface area contributed by atoms with Crippen LogP contribution in [-0.2, 0) is 7.05 Å². The van der Waals surface area contributed by atoms with E-state index in [1.54, 1.807) is 34.7 Å². The van der Waals surface area contributed by atoms with Crippen LogP contribution in [0.5, 0.6) is 0 Å². The number of carbonyl (C=O) groups excluding carboxylic acids is 1. The Balaban J connectivity index is 1.43. The second kappa shape index (κ2) is 7.25. The van der Waals surface area contributed by atoms with E-state index in [2.05, 4.69) is 0 Å². The van der Waals surface area contributed by atoms with Gasteiger partial charge in [0.05, 0.1) is 21.5 Å². The van der Waals surface area contributed by atoms with Crippen molar-refractivity contribution in [2.24, 2.45) is 7.05 Å². The number of aryl methyl sites for hydroxylation is 1. The molecule has 0 unspecified atom stereocenters. The molecule has 1 aliphatic heterocycles. The molecule has 2 aromatic heterocycles. The fourth-order valence-electron chi connectivity index (χ4n) is 4.12. The first-order valence-electron chi connectivity index (χ1n) is 9.84. The Bertz CT molecular complexity index is 1340. The summed E-state index contributed by atoms with van der Waals surface area (Å²) < 4.78 is 16.5. The molecule has 0 spiro atoms. The molecule has 7 heteroatoms. The molecule has 0 bridgehead atoms. The number of fused-ring (bicyclic) bond motifs is 3. The van der Waals surface area contributed by atoms with Gasteiger partial charge in [0.1, 0.15) is 5.82 Å². The Kier molecular flexibility index (Phi) is 4.55. The van der Waals surface area contributed by atoms with Crippen LogP contribution in [0.3, 0.4) is 0 Å². The predicted octanol–water partition coefficient (Wildman–Crippen LogP) is 3.85. The lowest BCUT2D eigenvalue weighted by atomic mass is 10.1.